The Morgan fingerprint density at radius 2 is 1.83 bits per heavy atom. The van der Waals surface area contributed by atoms with Crippen LogP contribution in [0.15, 0.2) is 36.4 Å². The second-order valence-electron chi connectivity index (χ2n) is 7.62. The maximum Gasteiger partial charge on any atom is 0.255 e. The lowest BCUT2D eigenvalue weighted by molar-refractivity contribution is 0.0828. The maximum atomic E-state index is 12.9. The third-order valence-corrected chi connectivity index (χ3v) is 5.55. The van der Waals surface area contributed by atoms with Gasteiger partial charge < -0.3 is 24.8 Å². The normalized spacial score (nSPS) is 13.9. The van der Waals surface area contributed by atoms with Crippen molar-refractivity contribution in [3.05, 3.63) is 47.0 Å². The molecule has 0 saturated carbocycles. The van der Waals surface area contributed by atoms with Gasteiger partial charge in [-0.05, 0) is 36.8 Å². The standard InChI is InChI=1S/C23H31ClN4O2/c1-5-11-25-19-8-6-7-18(23(29)26(2)3)22(19)28-14-12-27(13-15-28)20-16-17(24)9-10-21(20)30-4/h6-10,16,25H,5,11-15H2,1-4H3. The average Bonchev–Trinajstić information content (AvgIpc) is 2.77. The molecule has 1 N–H and O–H groups in total. The summed E-state index contributed by atoms with van der Waals surface area (Å²) in [4.78, 5) is 19.1. The van der Waals surface area contributed by atoms with E-state index in [1.807, 2.05) is 30.3 Å². The van der Waals surface area contributed by atoms with E-state index in [-0.39, 0.29) is 5.91 Å². The Hall–Kier alpha value is -2.60. The van der Waals surface area contributed by atoms with Crippen molar-refractivity contribution in [2.24, 2.45) is 0 Å². The zero-order valence-corrected chi connectivity index (χ0v) is 19.0. The summed E-state index contributed by atoms with van der Waals surface area (Å²) in [7, 11) is 5.26. The van der Waals surface area contributed by atoms with Crippen LogP contribution in [-0.2, 0) is 0 Å². The Morgan fingerprint density at radius 1 is 1.13 bits per heavy atom. The number of benzene rings is 2. The van der Waals surface area contributed by atoms with E-state index in [4.69, 9.17) is 16.3 Å². The lowest BCUT2D eigenvalue weighted by Crippen LogP contribution is -2.47. The molecule has 1 fully saturated rings. The van der Waals surface area contributed by atoms with Crippen LogP contribution in [0, 0.1) is 0 Å². The number of hydrogen-bond donors (Lipinski definition) is 1. The van der Waals surface area contributed by atoms with Crippen LogP contribution >= 0.6 is 11.6 Å². The molecule has 2 aromatic rings. The van der Waals surface area contributed by atoms with Crippen LogP contribution in [0.3, 0.4) is 0 Å². The second kappa shape index (κ2) is 9.94. The van der Waals surface area contributed by atoms with Gasteiger partial charge in [-0.25, -0.2) is 0 Å². The predicted octanol–water partition coefficient (Wildman–Crippen LogP) is 4.20. The van der Waals surface area contributed by atoms with Gasteiger partial charge in [-0.15, -0.1) is 0 Å². The van der Waals surface area contributed by atoms with Gasteiger partial charge in [0.1, 0.15) is 5.75 Å². The van der Waals surface area contributed by atoms with Gasteiger partial charge in [0.25, 0.3) is 5.91 Å². The van der Waals surface area contributed by atoms with Gasteiger partial charge >= 0.3 is 0 Å². The second-order valence-corrected chi connectivity index (χ2v) is 8.05. The molecule has 1 aliphatic rings. The largest absolute Gasteiger partial charge is 0.495 e. The number of ether oxygens (including phenoxy) is 1. The molecule has 1 amide bonds. The van der Waals surface area contributed by atoms with Gasteiger partial charge in [0.05, 0.1) is 29.7 Å². The first-order valence-corrected chi connectivity index (χ1v) is 10.8. The summed E-state index contributed by atoms with van der Waals surface area (Å²) in [6.07, 6.45) is 1.02. The number of carbonyl (C=O) groups is 1. The first kappa shape index (κ1) is 22.1. The summed E-state index contributed by atoms with van der Waals surface area (Å²) < 4.78 is 5.53. The highest BCUT2D eigenvalue weighted by Crippen LogP contribution is 2.35. The molecule has 0 unspecified atom stereocenters. The summed E-state index contributed by atoms with van der Waals surface area (Å²) >= 11 is 6.23. The lowest BCUT2D eigenvalue weighted by atomic mass is 10.1. The molecule has 0 radical (unpaired) electrons. The summed E-state index contributed by atoms with van der Waals surface area (Å²) in [5.74, 6) is 0.838. The quantitative estimate of drug-likeness (QED) is 0.713. The van der Waals surface area contributed by atoms with Crippen molar-refractivity contribution in [3.8, 4) is 5.75 Å². The van der Waals surface area contributed by atoms with E-state index >= 15 is 0 Å². The van der Waals surface area contributed by atoms with Crippen molar-refractivity contribution in [1.29, 1.82) is 0 Å². The Bertz CT molecular complexity index is 880. The highest BCUT2D eigenvalue weighted by atomic mass is 35.5. The Morgan fingerprint density at radius 3 is 2.47 bits per heavy atom. The molecule has 0 spiro atoms. The number of nitrogens with one attached hydrogen (secondary N) is 1. The predicted molar refractivity (Wildman–Crippen MR) is 126 cm³/mol. The molecule has 1 heterocycles. The summed E-state index contributed by atoms with van der Waals surface area (Å²) in [5, 5.41) is 4.20. The number of anilines is 3. The van der Waals surface area contributed by atoms with E-state index in [9.17, 15) is 4.79 Å². The maximum absolute atomic E-state index is 12.9. The molecule has 0 aliphatic carbocycles. The van der Waals surface area contributed by atoms with E-state index in [1.54, 1.807) is 26.1 Å². The number of methoxy groups -OCH3 is 1. The van der Waals surface area contributed by atoms with Gasteiger partial charge in [-0.1, -0.05) is 24.6 Å². The smallest absolute Gasteiger partial charge is 0.255 e. The molecule has 2 aromatic carbocycles. The molecular formula is C23H31ClN4O2. The van der Waals surface area contributed by atoms with Crippen molar-refractivity contribution in [1.82, 2.24) is 4.90 Å². The molecule has 0 bridgehead atoms. The Kier molecular flexibility index (Phi) is 7.32. The van der Waals surface area contributed by atoms with Crippen molar-refractivity contribution in [3.63, 3.8) is 0 Å². The highest BCUT2D eigenvalue weighted by molar-refractivity contribution is 6.31. The topological polar surface area (TPSA) is 48.1 Å². The van der Waals surface area contributed by atoms with E-state index in [2.05, 4.69) is 28.1 Å². The van der Waals surface area contributed by atoms with Crippen molar-refractivity contribution >= 4 is 34.6 Å². The molecule has 3 rings (SSSR count). The lowest BCUT2D eigenvalue weighted by Gasteiger charge is -2.39. The summed E-state index contributed by atoms with van der Waals surface area (Å²) in [5.41, 5.74) is 3.74. The highest BCUT2D eigenvalue weighted by Gasteiger charge is 2.26. The zero-order chi connectivity index (χ0) is 21.7. The van der Waals surface area contributed by atoms with Gasteiger partial charge in [-0.3, -0.25) is 4.79 Å². The number of hydrogen-bond acceptors (Lipinski definition) is 5. The average molecular weight is 431 g/mol. The molecule has 7 heteroatoms. The molecule has 6 nitrogen and oxygen atoms in total. The molecule has 0 aromatic heterocycles. The number of amides is 1. The molecule has 1 aliphatic heterocycles. The first-order valence-electron chi connectivity index (χ1n) is 10.4. The molecule has 30 heavy (non-hydrogen) atoms. The third-order valence-electron chi connectivity index (χ3n) is 5.32. The first-order chi connectivity index (χ1) is 14.5. The van der Waals surface area contributed by atoms with E-state index < -0.39 is 0 Å². The fourth-order valence-electron chi connectivity index (χ4n) is 3.78. The summed E-state index contributed by atoms with van der Waals surface area (Å²) in [6, 6.07) is 11.6. The van der Waals surface area contributed by atoms with Gasteiger partial charge in [0.15, 0.2) is 0 Å². The fourth-order valence-corrected chi connectivity index (χ4v) is 3.95. The van der Waals surface area contributed by atoms with Crippen molar-refractivity contribution < 1.29 is 9.53 Å². The molecular weight excluding hydrogens is 400 g/mol. The molecule has 0 atom stereocenters. The molecule has 1 saturated heterocycles. The monoisotopic (exact) mass is 430 g/mol. The summed E-state index contributed by atoms with van der Waals surface area (Å²) in [6.45, 7) is 6.23. The van der Waals surface area contributed by atoms with Crippen LogP contribution in [0.4, 0.5) is 17.1 Å². The van der Waals surface area contributed by atoms with Crippen LogP contribution in [-0.4, -0.2) is 64.7 Å². The Labute approximate surface area is 184 Å². The van der Waals surface area contributed by atoms with Crippen molar-refractivity contribution in [2.75, 3.05) is 69.0 Å². The number of para-hydroxylation sites is 1. The van der Waals surface area contributed by atoms with Crippen LogP contribution in [0.5, 0.6) is 5.75 Å². The number of carbonyl (C=O) groups excluding carboxylic acids is 1. The molecule has 162 valence electrons. The number of halogens is 1. The minimum atomic E-state index is 0.0177. The van der Waals surface area contributed by atoms with Crippen LogP contribution in [0.1, 0.15) is 23.7 Å². The van der Waals surface area contributed by atoms with Crippen LogP contribution in [0.2, 0.25) is 5.02 Å². The van der Waals surface area contributed by atoms with Gasteiger partial charge in [-0.2, -0.15) is 0 Å². The van der Waals surface area contributed by atoms with E-state index in [1.165, 1.54) is 0 Å². The number of piperazine rings is 1. The number of nitrogens with zero attached hydrogens (tertiary/aromatic N) is 3. The van der Waals surface area contributed by atoms with E-state index in [0.717, 1.165) is 67.5 Å². The minimum absolute atomic E-state index is 0.0177. The van der Waals surface area contributed by atoms with Gasteiger partial charge in [0, 0.05) is 51.8 Å². The Balaban J connectivity index is 1.87. The van der Waals surface area contributed by atoms with E-state index in [0.29, 0.717) is 5.02 Å². The minimum Gasteiger partial charge on any atom is -0.495 e. The van der Waals surface area contributed by atoms with Crippen LogP contribution in [0.25, 0.3) is 0 Å². The third kappa shape index (κ3) is 4.75. The zero-order valence-electron chi connectivity index (χ0n) is 18.2. The number of rotatable bonds is 7. The van der Waals surface area contributed by atoms with Gasteiger partial charge in [0.2, 0.25) is 0 Å². The van der Waals surface area contributed by atoms with Crippen LogP contribution < -0.4 is 19.9 Å². The van der Waals surface area contributed by atoms with Crippen molar-refractivity contribution in [2.45, 2.75) is 13.3 Å². The SMILES string of the molecule is CCCNc1cccc(C(=O)N(C)C)c1N1CCN(c2cc(Cl)ccc2OC)CC1. The fraction of sp³-hybridized carbons (Fsp3) is 0.435.